The lowest BCUT2D eigenvalue weighted by Crippen LogP contribution is -2.46. The highest BCUT2D eigenvalue weighted by Gasteiger charge is 2.19. The van der Waals surface area contributed by atoms with Gasteiger partial charge in [-0.2, -0.15) is 0 Å². The SMILES string of the molecule is Cc1cccc(CN2CCN(c3ncccc3Br)CC2)c1. The maximum absolute atomic E-state index is 4.48. The molecular weight excluding hydrogens is 326 g/mol. The van der Waals surface area contributed by atoms with Crippen LogP contribution in [0.1, 0.15) is 11.1 Å². The third-order valence-corrected chi connectivity index (χ3v) is 4.52. The largest absolute Gasteiger partial charge is 0.353 e. The molecule has 0 bridgehead atoms. The van der Waals surface area contributed by atoms with Crippen molar-refractivity contribution < 1.29 is 0 Å². The first-order valence-corrected chi connectivity index (χ1v) is 8.15. The van der Waals surface area contributed by atoms with Crippen LogP contribution in [0.25, 0.3) is 0 Å². The summed E-state index contributed by atoms with van der Waals surface area (Å²) in [4.78, 5) is 9.36. The van der Waals surface area contributed by atoms with E-state index in [4.69, 9.17) is 0 Å². The van der Waals surface area contributed by atoms with Gasteiger partial charge in [0.1, 0.15) is 5.82 Å². The Kier molecular flexibility index (Phi) is 4.56. The van der Waals surface area contributed by atoms with Gasteiger partial charge in [-0.05, 0) is 40.5 Å². The molecule has 1 aromatic heterocycles. The Morgan fingerprint density at radius 1 is 1.10 bits per heavy atom. The zero-order valence-electron chi connectivity index (χ0n) is 12.3. The summed E-state index contributed by atoms with van der Waals surface area (Å²) >= 11 is 3.59. The molecule has 0 N–H and O–H groups in total. The van der Waals surface area contributed by atoms with E-state index in [1.54, 1.807) is 0 Å². The molecule has 0 saturated carbocycles. The minimum Gasteiger partial charge on any atom is -0.353 e. The molecule has 110 valence electrons. The van der Waals surface area contributed by atoms with Crippen LogP contribution in [0.3, 0.4) is 0 Å². The monoisotopic (exact) mass is 345 g/mol. The lowest BCUT2D eigenvalue weighted by Gasteiger charge is -2.35. The predicted octanol–water partition coefficient (Wildman–Crippen LogP) is 3.47. The number of benzene rings is 1. The quantitative estimate of drug-likeness (QED) is 0.848. The number of nitrogens with zero attached hydrogens (tertiary/aromatic N) is 3. The summed E-state index contributed by atoms with van der Waals surface area (Å²) in [6, 6.07) is 12.8. The van der Waals surface area contributed by atoms with Gasteiger partial charge in [0.15, 0.2) is 0 Å². The molecule has 4 heteroatoms. The van der Waals surface area contributed by atoms with Crippen molar-refractivity contribution in [3.05, 3.63) is 58.2 Å². The Bertz CT molecular complexity index is 606. The number of hydrogen-bond acceptors (Lipinski definition) is 3. The van der Waals surface area contributed by atoms with Crippen molar-refractivity contribution in [1.82, 2.24) is 9.88 Å². The Morgan fingerprint density at radius 2 is 1.90 bits per heavy atom. The van der Waals surface area contributed by atoms with Gasteiger partial charge in [0, 0.05) is 38.9 Å². The number of anilines is 1. The van der Waals surface area contributed by atoms with Gasteiger partial charge in [-0.1, -0.05) is 29.8 Å². The summed E-state index contributed by atoms with van der Waals surface area (Å²) < 4.78 is 1.08. The molecule has 1 fully saturated rings. The number of pyridine rings is 1. The summed E-state index contributed by atoms with van der Waals surface area (Å²) in [6.45, 7) is 7.41. The maximum Gasteiger partial charge on any atom is 0.142 e. The first-order chi connectivity index (χ1) is 10.2. The number of piperazine rings is 1. The number of rotatable bonds is 3. The van der Waals surface area contributed by atoms with Gasteiger partial charge >= 0.3 is 0 Å². The van der Waals surface area contributed by atoms with Crippen LogP contribution in [0.4, 0.5) is 5.82 Å². The third kappa shape index (κ3) is 3.63. The van der Waals surface area contributed by atoms with Gasteiger partial charge in [-0.25, -0.2) is 4.98 Å². The molecule has 0 amide bonds. The van der Waals surface area contributed by atoms with E-state index in [2.05, 4.69) is 68.0 Å². The van der Waals surface area contributed by atoms with Gasteiger partial charge in [0.05, 0.1) is 4.47 Å². The first kappa shape index (κ1) is 14.5. The minimum atomic E-state index is 1.03. The van der Waals surface area contributed by atoms with Gasteiger partial charge in [0.2, 0.25) is 0 Å². The Morgan fingerprint density at radius 3 is 2.62 bits per heavy atom. The van der Waals surface area contributed by atoms with E-state index in [1.165, 1.54) is 11.1 Å². The van der Waals surface area contributed by atoms with Crippen molar-refractivity contribution >= 4 is 21.7 Å². The van der Waals surface area contributed by atoms with Crippen molar-refractivity contribution in [2.24, 2.45) is 0 Å². The van der Waals surface area contributed by atoms with Gasteiger partial charge in [-0.15, -0.1) is 0 Å². The lowest BCUT2D eigenvalue weighted by molar-refractivity contribution is 0.249. The van der Waals surface area contributed by atoms with Crippen LogP contribution in [0.5, 0.6) is 0 Å². The normalized spacial score (nSPS) is 16.2. The maximum atomic E-state index is 4.48. The molecule has 1 aliphatic heterocycles. The molecule has 1 aromatic carbocycles. The van der Waals surface area contributed by atoms with Gasteiger partial charge in [-0.3, -0.25) is 4.90 Å². The molecular formula is C17H20BrN3. The topological polar surface area (TPSA) is 19.4 Å². The zero-order chi connectivity index (χ0) is 14.7. The predicted molar refractivity (Wildman–Crippen MR) is 90.6 cm³/mol. The summed E-state index contributed by atoms with van der Waals surface area (Å²) in [5, 5.41) is 0. The van der Waals surface area contributed by atoms with Crippen molar-refractivity contribution in [2.45, 2.75) is 13.5 Å². The number of aromatic nitrogens is 1. The first-order valence-electron chi connectivity index (χ1n) is 7.36. The van der Waals surface area contributed by atoms with Crippen LogP contribution >= 0.6 is 15.9 Å². The van der Waals surface area contributed by atoms with E-state index < -0.39 is 0 Å². The summed E-state index contributed by atoms with van der Waals surface area (Å²) in [7, 11) is 0. The molecule has 21 heavy (non-hydrogen) atoms. The van der Waals surface area contributed by atoms with Gasteiger partial charge < -0.3 is 4.90 Å². The highest BCUT2D eigenvalue weighted by atomic mass is 79.9. The molecule has 1 saturated heterocycles. The van der Waals surface area contributed by atoms with Crippen LogP contribution in [-0.2, 0) is 6.54 Å². The Balaban J connectivity index is 1.59. The molecule has 0 atom stereocenters. The fourth-order valence-corrected chi connectivity index (χ4v) is 3.30. The van der Waals surface area contributed by atoms with E-state index in [9.17, 15) is 0 Å². The van der Waals surface area contributed by atoms with E-state index in [1.807, 2.05) is 12.3 Å². The zero-order valence-corrected chi connectivity index (χ0v) is 13.9. The second kappa shape index (κ2) is 6.58. The molecule has 2 heterocycles. The fourth-order valence-electron chi connectivity index (χ4n) is 2.80. The molecule has 0 unspecified atom stereocenters. The van der Waals surface area contributed by atoms with E-state index in [0.29, 0.717) is 0 Å². The van der Waals surface area contributed by atoms with Crippen LogP contribution in [-0.4, -0.2) is 36.1 Å². The van der Waals surface area contributed by atoms with E-state index in [-0.39, 0.29) is 0 Å². The standard InChI is InChI=1S/C17H20BrN3/c1-14-4-2-5-15(12-14)13-20-8-10-21(11-9-20)17-16(18)6-3-7-19-17/h2-7,12H,8-11,13H2,1H3. The van der Waals surface area contributed by atoms with Gasteiger partial charge in [0.25, 0.3) is 0 Å². The smallest absolute Gasteiger partial charge is 0.142 e. The van der Waals surface area contributed by atoms with Crippen molar-refractivity contribution in [1.29, 1.82) is 0 Å². The van der Waals surface area contributed by atoms with Crippen LogP contribution in [0, 0.1) is 6.92 Å². The van der Waals surface area contributed by atoms with E-state index in [0.717, 1.165) is 43.0 Å². The number of halogens is 1. The van der Waals surface area contributed by atoms with E-state index >= 15 is 0 Å². The average molecular weight is 346 g/mol. The Hall–Kier alpha value is -1.39. The Labute approximate surface area is 134 Å². The van der Waals surface area contributed by atoms with Crippen LogP contribution < -0.4 is 4.90 Å². The van der Waals surface area contributed by atoms with Crippen molar-refractivity contribution in [2.75, 3.05) is 31.1 Å². The second-order valence-corrected chi connectivity index (χ2v) is 6.42. The van der Waals surface area contributed by atoms with Crippen molar-refractivity contribution in [3.8, 4) is 0 Å². The molecule has 3 nitrogen and oxygen atoms in total. The number of aryl methyl sites for hydroxylation is 1. The van der Waals surface area contributed by atoms with Crippen LogP contribution in [0.15, 0.2) is 47.1 Å². The summed E-state index contributed by atoms with van der Waals surface area (Å²) in [5.41, 5.74) is 2.74. The molecule has 1 aliphatic rings. The highest BCUT2D eigenvalue weighted by molar-refractivity contribution is 9.10. The number of hydrogen-bond donors (Lipinski definition) is 0. The molecule has 0 radical (unpaired) electrons. The summed E-state index contributed by atoms with van der Waals surface area (Å²) in [6.07, 6.45) is 1.86. The highest BCUT2D eigenvalue weighted by Crippen LogP contribution is 2.24. The minimum absolute atomic E-state index is 1.03. The third-order valence-electron chi connectivity index (χ3n) is 3.90. The molecule has 3 rings (SSSR count). The molecule has 0 aliphatic carbocycles. The fraction of sp³-hybridized carbons (Fsp3) is 0.353. The second-order valence-electron chi connectivity index (χ2n) is 5.56. The van der Waals surface area contributed by atoms with Crippen LogP contribution in [0.2, 0.25) is 0 Å². The lowest BCUT2D eigenvalue weighted by atomic mass is 10.1. The summed E-state index contributed by atoms with van der Waals surface area (Å²) in [5.74, 6) is 1.06. The molecule has 2 aromatic rings. The molecule has 0 spiro atoms. The average Bonchev–Trinajstić information content (AvgIpc) is 2.49. The van der Waals surface area contributed by atoms with Crippen molar-refractivity contribution in [3.63, 3.8) is 0 Å².